The minimum absolute atomic E-state index is 0.0893. The molecule has 1 amide bonds. The summed E-state index contributed by atoms with van der Waals surface area (Å²) in [6.45, 7) is 2.78. The normalized spacial score (nSPS) is 17.5. The number of carbonyl (C=O) groups excluding carboxylic acids is 1. The smallest absolute Gasteiger partial charge is 0.249 e. The van der Waals surface area contributed by atoms with E-state index in [-0.39, 0.29) is 11.9 Å². The molecule has 0 radical (unpaired) electrons. The maximum Gasteiger partial charge on any atom is 0.249 e. The summed E-state index contributed by atoms with van der Waals surface area (Å²) in [6, 6.07) is 7.41. The number of nitrogens with zero attached hydrogens (tertiary/aromatic N) is 3. The number of hydrogen-bond donors (Lipinski definition) is 0. The zero-order valence-corrected chi connectivity index (χ0v) is 13.5. The average molecular weight is 315 g/mol. The van der Waals surface area contributed by atoms with Gasteiger partial charge >= 0.3 is 0 Å². The van der Waals surface area contributed by atoms with Crippen LogP contribution in [0.3, 0.4) is 0 Å². The van der Waals surface area contributed by atoms with Crippen molar-refractivity contribution >= 4 is 5.91 Å². The van der Waals surface area contributed by atoms with Gasteiger partial charge in [0.15, 0.2) is 0 Å². The Morgan fingerprint density at radius 2 is 2.17 bits per heavy atom. The minimum Gasteiger partial charge on any atom is -0.497 e. The van der Waals surface area contributed by atoms with Crippen LogP contribution in [0.2, 0.25) is 0 Å². The molecule has 6 nitrogen and oxygen atoms in total. The Hall–Kier alpha value is -2.37. The molecule has 1 saturated heterocycles. The van der Waals surface area contributed by atoms with Crippen LogP contribution < -0.4 is 4.74 Å². The van der Waals surface area contributed by atoms with Gasteiger partial charge in [0, 0.05) is 18.5 Å². The van der Waals surface area contributed by atoms with E-state index in [2.05, 4.69) is 10.1 Å². The predicted molar refractivity (Wildman–Crippen MR) is 84.9 cm³/mol. The fourth-order valence-electron chi connectivity index (χ4n) is 2.91. The highest BCUT2D eigenvalue weighted by Crippen LogP contribution is 2.32. The van der Waals surface area contributed by atoms with E-state index in [1.54, 1.807) is 7.11 Å². The van der Waals surface area contributed by atoms with E-state index in [9.17, 15) is 4.79 Å². The van der Waals surface area contributed by atoms with Gasteiger partial charge in [-0.2, -0.15) is 4.98 Å². The first-order valence-corrected chi connectivity index (χ1v) is 8.00. The molecule has 1 aromatic heterocycles. The van der Waals surface area contributed by atoms with Crippen LogP contribution in [0.5, 0.6) is 5.75 Å². The zero-order valence-electron chi connectivity index (χ0n) is 13.5. The summed E-state index contributed by atoms with van der Waals surface area (Å²) in [5, 5.41) is 4.06. The lowest BCUT2D eigenvalue weighted by Gasteiger charge is -2.21. The van der Waals surface area contributed by atoms with E-state index in [1.807, 2.05) is 36.1 Å². The van der Waals surface area contributed by atoms with Crippen molar-refractivity contribution in [3.8, 4) is 17.1 Å². The van der Waals surface area contributed by atoms with Crippen LogP contribution >= 0.6 is 0 Å². The molecule has 0 N–H and O–H groups in total. The Balaban J connectivity index is 1.79. The lowest BCUT2D eigenvalue weighted by molar-refractivity contribution is -0.132. The molecule has 0 saturated carbocycles. The Morgan fingerprint density at radius 1 is 1.39 bits per heavy atom. The highest BCUT2D eigenvalue weighted by molar-refractivity contribution is 5.76. The first-order valence-electron chi connectivity index (χ1n) is 8.00. The highest BCUT2D eigenvalue weighted by atomic mass is 16.5. The van der Waals surface area contributed by atoms with Crippen LogP contribution in [0, 0.1) is 0 Å². The van der Waals surface area contributed by atoms with Crippen LogP contribution in [0.15, 0.2) is 28.8 Å². The number of carbonyl (C=O) groups is 1. The SMILES string of the molecule is CCCC(=O)N1CCC[C@@H]1c1nc(-c2ccc(OC)cc2)no1. The van der Waals surface area contributed by atoms with E-state index < -0.39 is 0 Å². The van der Waals surface area contributed by atoms with Crippen molar-refractivity contribution in [2.24, 2.45) is 0 Å². The van der Waals surface area contributed by atoms with Crippen molar-refractivity contribution in [2.75, 3.05) is 13.7 Å². The summed E-state index contributed by atoms with van der Waals surface area (Å²) < 4.78 is 10.6. The number of methoxy groups -OCH3 is 1. The monoisotopic (exact) mass is 315 g/mol. The molecule has 3 rings (SSSR count). The molecule has 0 bridgehead atoms. The largest absolute Gasteiger partial charge is 0.497 e. The average Bonchev–Trinajstić information content (AvgIpc) is 3.24. The number of amides is 1. The van der Waals surface area contributed by atoms with Gasteiger partial charge in [-0.1, -0.05) is 12.1 Å². The summed E-state index contributed by atoms with van der Waals surface area (Å²) in [7, 11) is 1.63. The van der Waals surface area contributed by atoms with Crippen molar-refractivity contribution in [1.29, 1.82) is 0 Å². The third-order valence-corrected chi connectivity index (χ3v) is 4.11. The molecular weight excluding hydrogens is 294 g/mol. The van der Waals surface area contributed by atoms with Gasteiger partial charge in [0.2, 0.25) is 17.6 Å². The predicted octanol–water partition coefficient (Wildman–Crippen LogP) is 3.21. The van der Waals surface area contributed by atoms with Gasteiger partial charge < -0.3 is 14.2 Å². The van der Waals surface area contributed by atoms with Crippen molar-refractivity contribution in [1.82, 2.24) is 15.0 Å². The molecule has 0 aliphatic carbocycles. The Labute approximate surface area is 135 Å². The van der Waals surface area contributed by atoms with E-state index in [0.29, 0.717) is 18.1 Å². The number of rotatable bonds is 5. The quantitative estimate of drug-likeness (QED) is 0.847. The Bertz CT molecular complexity index is 666. The van der Waals surface area contributed by atoms with E-state index in [4.69, 9.17) is 9.26 Å². The molecule has 2 heterocycles. The summed E-state index contributed by atoms with van der Waals surface area (Å²) in [4.78, 5) is 18.6. The lowest BCUT2D eigenvalue weighted by Crippen LogP contribution is -2.30. The minimum atomic E-state index is -0.0893. The third kappa shape index (κ3) is 3.21. The highest BCUT2D eigenvalue weighted by Gasteiger charge is 2.33. The topological polar surface area (TPSA) is 68.5 Å². The first kappa shape index (κ1) is 15.5. The first-order chi connectivity index (χ1) is 11.2. The Kier molecular flexibility index (Phi) is 4.60. The van der Waals surface area contributed by atoms with Crippen LogP contribution in [0.1, 0.15) is 44.5 Å². The van der Waals surface area contributed by atoms with Crippen LogP contribution in [-0.4, -0.2) is 34.6 Å². The molecule has 0 unspecified atom stereocenters. The molecule has 2 aromatic rings. The van der Waals surface area contributed by atoms with Gasteiger partial charge in [0.25, 0.3) is 0 Å². The number of benzene rings is 1. The summed E-state index contributed by atoms with van der Waals surface area (Å²) in [5.74, 6) is 2.01. The molecule has 1 fully saturated rings. The second kappa shape index (κ2) is 6.81. The molecule has 1 aliphatic heterocycles. The molecule has 1 atom stereocenters. The van der Waals surface area contributed by atoms with Crippen LogP contribution in [0.25, 0.3) is 11.4 Å². The maximum atomic E-state index is 12.2. The molecule has 1 aromatic carbocycles. The summed E-state index contributed by atoms with van der Waals surface area (Å²) in [5.41, 5.74) is 0.866. The third-order valence-electron chi connectivity index (χ3n) is 4.11. The fraction of sp³-hybridized carbons (Fsp3) is 0.471. The molecule has 122 valence electrons. The molecular formula is C17H21N3O3. The Morgan fingerprint density at radius 3 is 2.87 bits per heavy atom. The van der Waals surface area contributed by atoms with E-state index >= 15 is 0 Å². The molecule has 1 aliphatic rings. The number of hydrogen-bond acceptors (Lipinski definition) is 5. The maximum absolute atomic E-state index is 12.2. The fourth-order valence-corrected chi connectivity index (χ4v) is 2.91. The molecule has 6 heteroatoms. The van der Waals surface area contributed by atoms with E-state index in [1.165, 1.54) is 0 Å². The summed E-state index contributed by atoms with van der Waals surface area (Å²) >= 11 is 0. The van der Waals surface area contributed by atoms with Crippen molar-refractivity contribution < 1.29 is 14.1 Å². The molecule has 23 heavy (non-hydrogen) atoms. The lowest BCUT2D eigenvalue weighted by atomic mass is 10.2. The van der Waals surface area contributed by atoms with Crippen LogP contribution in [0.4, 0.5) is 0 Å². The van der Waals surface area contributed by atoms with Gasteiger partial charge in [0.1, 0.15) is 11.8 Å². The zero-order chi connectivity index (χ0) is 16.2. The van der Waals surface area contributed by atoms with Crippen molar-refractivity contribution in [3.05, 3.63) is 30.2 Å². The molecule has 0 spiro atoms. The number of ether oxygens (including phenoxy) is 1. The number of aromatic nitrogens is 2. The van der Waals surface area contributed by atoms with Crippen molar-refractivity contribution in [2.45, 2.75) is 38.6 Å². The van der Waals surface area contributed by atoms with E-state index in [0.717, 1.165) is 37.1 Å². The second-order valence-corrected chi connectivity index (χ2v) is 5.68. The van der Waals surface area contributed by atoms with Gasteiger partial charge in [0.05, 0.1) is 7.11 Å². The van der Waals surface area contributed by atoms with Crippen LogP contribution in [-0.2, 0) is 4.79 Å². The summed E-state index contributed by atoms with van der Waals surface area (Å²) in [6.07, 6.45) is 3.26. The van der Waals surface area contributed by atoms with Crippen molar-refractivity contribution in [3.63, 3.8) is 0 Å². The second-order valence-electron chi connectivity index (χ2n) is 5.68. The van der Waals surface area contributed by atoms with Gasteiger partial charge in [-0.15, -0.1) is 0 Å². The van der Waals surface area contributed by atoms with Gasteiger partial charge in [-0.05, 0) is 43.5 Å². The van der Waals surface area contributed by atoms with Gasteiger partial charge in [-0.25, -0.2) is 0 Å². The standard InChI is InChI=1S/C17H21N3O3/c1-3-5-15(21)20-11-4-6-14(20)17-18-16(19-23-17)12-7-9-13(22-2)10-8-12/h7-10,14H,3-6,11H2,1-2H3/t14-/m1/s1. The van der Waals surface area contributed by atoms with Gasteiger partial charge in [-0.3, -0.25) is 4.79 Å². The number of likely N-dealkylation sites (tertiary alicyclic amines) is 1.